The third kappa shape index (κ3) is 8.11. The maximum absolute atomic E-state index is 12.4. The first-order valence-corrected chi connectivity index (χ1v) is 13.2. The number of carbonyl (C=O) groups excluding carboxylic acids is 3. The maximum atomic E-state index is 12.4. The van der Waals surface area contributed by atoms with Gasteiger partial charge in [-0.2, -0.15) is 5.10 Å². The number of rotatable bonds is 12. The number of hydrogen-bond acceptors (Lipinski definition) is 11. The fourth-order valence-electron chi connectivity index (χ4n) is 3.88. The number of benzene rings is 2. The summed E-state index contributed by atoms with van der Waals surface area (Å²) in [5, 5.41) is 19.7. The summed E-state index contributed by atoms with van der Waals surface area (Å²) in [7, 11) is 2.70. The zero-order valence-electron chi connectivity index (χ0n) is 23.1. The first kappa shape index (κ1) is 31.2. The number of hydrogen-bond donors (Lipinski definition) is 4. The molecule has 0 aliphatic carbocycles. The molecule has 2 atom stereocenters. The van der Waals surface area contributed by atoms with Gasteiger partial charge in [-0.3, -0.25) is 10.2 Å². The molecular formula is C27H31BrN4O9. The number of aliphatic hydroxyl groups is 1. The fraction of sp³-hybridized carbons (Fsp3) is 0.333. The molecule has 0 spiro atoms. The summed E-state index contributed by atoms with van der Waals surface area (Å²) in [6, 6.07) is 6.98. The van der Waals surface area contributed by atoms with E-state index in [2.05, 4.69) is 37.1 Å². The number of carbonyl (C=O) groups is 3. The second-order valence-corrected chi connectivity index (χ2v) is 9.40. The van der Waals surface area contributed by atoms with Gasteiger partial charge in [-0.15, -0.1) is 0 Å². The highest BCUT2D eigenvalue weighted by atomic mass is 79.9. The highest BCUT2D eigenvalue weighted by Gasteiger charge is 2.32. The van der Waals surface area contributed by atoms with Crippen LogP contribution < -0.4 is 35.0 Å². The summed E-state index contributed by atoms with van der Waals surface area (Å²) in [5.74, 6) is 0.161. The lowest BCUT2D eigenvalue weighted by Crippen LogP contribution is -2.45. The van der Waals surface area contributed by atoms with Crippen molar-refractivity contribution < 1.29 is 43.2 Å². The largest absolute Gasteiger partial charge is 0.493 e. The van der Waals surface area contributed by atoms with Crippen molar-refractivity contribution >= 4 is 40.1 Å². The fourth-order valence-corrected chi connectivity index (χ4v) is 4.42. The van der Waals surface area contributed by atoms with Gasteiger partial charge in [-0.25, -0.2) is 9.59 Å². The van der Waals surface area contributed by atoms with Gasteiger partial charge in [0, 0.05) is 12.6 Å². The SMILES string of the molecule is CCOc1cc([C@H]2NC(=O)NC(C)=C2C(=O)OC)ccc1OC[C@@H](O)N/N=C/c1cc(Br)c(OC(C)=O)c(OC)c1. The van der Waals surface area contributed by atoms with Gasteiger partial charge in [0.15, 0.2) is 29.2 Å². The van der Waals surface area contributed by atoms with Crippen molar-refractivity contribution in [3.63, 3.8) is 0 Å². The van der Waals surface area contributed by atoms with Crippen LogP contribution in [0.3, 0.4) is 0 Å². The Morgan fingerprint density at radius 2 is 1.93 bits per heavy atom. The van der Waals surface area contributed by atoms with E-state index in [0.717, 1.165) is 0 Å². The minimum atomic E-state index is -1.19. The van der Waals surface area contributed by atoms with E-state index in [0.29, 0.717) is 45.2 Å². The van der Waals surface area contributed by atoms with E-state index in [1.54, 1.807) is 44.2 Å². The van der Waals surface area contributed by atoms with Gasteiger partial charge in [0.2, 0.25) is 0 Å². The standard InChI is InChI=1S/C27H31BrN4O9/c1-6-39-20-11-17(24-23(26(35)38-5)14(2)30-27(36)31-24)7-8-19(20)40-13-22(34)32-29-12-16-9-18(28)25(41-15(3)33)21(10-16)37-4/h7-12,22,24,32,34H,6,13H2,1-5H3,(H2,30,31,36)/b29-12+/t22-,24-/m1/s1. The van der Waals surface area contributed by atoms with Crippen molar-refractivity contribution in [2.45, 2.75) is 33.0 Å². The summed E-state index contributed by atoms with van der Waals surface area (Å²) < 4.78 is 27.3. The predicted octanol–water partition coefficient (Wildman–Crippen LogP) is 2.90. The Morgan fingerprint density at radius 1 is 1.17 bits per heavy atom. The maximum Gasteiger partial charge on any atom is 0.337 e. The normalized spacial score (nSPS) is 15.5. The first-order chi connectivity index (χ1) is 19.6. The number of hydrazone groups is 1. The summed E-state index contributed by atoms with van der Waals surface area (Å²) in [5.41, 5.74) is 4.36. The molecular weight excluding hydrogens is 604 g/mol. The van der Waals surface area contributed by atoms with E-state index in [4.69, 9.17) is 23.7 Å². The average Bonchev–Trinajstić information content (AvgIpc) is 2.92. The van der Waals surface area contributed by atoms with Crippen LogP contribution >= 0.6 is 15.9 Å². The minimum absolute atomic E-state index is 0.189. The van der Waals surface area contributed by atoms with E-state index in [9.17, 15) is 19.5 Å². The lowest BCUT2D eigenvalue weighted by atomic mass is 9.95. The van der Waals surface area contributed by atoms with E-state index in [1.165, 1.54) is 27.4 Å². The van der Waals surface area contributed by atoms with Crippen LogP contribution in [0.5, 0.6) is 23.0 Å². The Balaban J connectivity index is 1.70. The first-order valence-electron chi connectivity index (χ1n) is 12.4. The lowest BCUT2D eigenvalue weighted by Gasteiger charge is -2.28. The summed E-state index contributed by atoms with van der Waals surface area (Å²) >= 11 is 3.34. The van der Waals surface area contributed by atoms with Gasteiger partial charge < -0.3 is 39.4 Å². The van der Waals surface area contributed by atoms with Crippen LogP contribution in [0.1, 0.15) is 37.9 Å². The molecule has 0 saturated heterocycles. The third-order valence-corrected chi connectivity index (χ3v) is 6.20. The number of methoxy groups -OCH3 is 2. The smallest absolute Gasteiger partial charge is 0.337 e. The molecule has 2 aromatic rings. The zero-order valence-corrected chi connectivity index (χ0v) is 24.7. The number of esters is 2. The lowest BCUT2D eigenvalue weighted by molar-refractivity contribution is -0.136. The molecule has 0 saturated carbocycles. The molecule has 220 valence electrons. The molecule has 4 N–H and O–H groups in total. The number of ether oxygens (including phenoxy) is 5. The topological polar surface area (TPSA) is 166 Å². The van der Waals surface area contributed by atoms with Crippen molar-refractivity contribution in [1.29, 1.82) is 0 Å². The number of nitrogens with zero attached hydrogens (tertiary/aromatic N) is 1. The molecule has 2 aromatic carbocycles. The van der Waals surface area contributed by atoms with Crippen LogP contribution in [0, 0.1) is 0 Å². The molecule has 1 aliphatic heterocycles. The molecule has 13 nitrogen and oxygen atoms in total. The Hall–Kier alpha value is -4.30. The summed E-state index contributed by atoms with van der Waals surface area (Å²) in [6.45, 7) is 4.82. The van der Waals surface area contributed by atoms with Gasteiger partial charge in [0.25, 0.3) is 0 Å². The van der Waals surface area contributed by atoms with E-state index < -0.39 is 30.2 Å². The van der Waals surface area contributed by atoms with Crippen LogP contribution in [-0.4, -0.2) is 63.0 Å². The number of nitrogens with one attached hydrogen (secondary N) is 3. The third-order valence-electron chi connectivity index (χ3n) is 5.61. The van der Waals surface area contributed by atoms with Gasteiger partial charge in [-0.1, -0.05) is 6.07 Å². The van der Waals surface area contributed by atoms with E-state index >= 15 is 0 Å². The van der Waals surface area contributed by atoms with Gasteiger partial charge >= 0.3 is 18.0 Å². The van der Waals surface area contributed by atoms with Crippen molar-refractivity contribution in [1.82, 2.24) is 16.1 Å². The van der Waals surface area contributed by atoms with Crippen LogP contribution in [0.4, 0.5) is 4.79 Å². The zero-order chi connectivity index (χ0) is 30.1. The average molecular weight is 635 g/mol. The molecule has 0 radical (unpaired) electrons. The summed E-state index contributed by atoms with van der Waals surface area (Å²) in [6.07, 6.45) is 0.252. The molecule has 1 aliphatic rings. The van der Waals surface area contributed by atoms with Gasteiger partial charge in [0.1, 0.15) is 6.61 Å². The highest BCUT2D eigenvalue weighted by molar-refractivity contribution is 9.10. The van der Waals surface area contributed by atoms with Crippen molar-refractivity contribution in [2.24, 2.45) is 5.10 Å². The van der Waals surface area contributed by atoms with Crippen LogP contribution in [0.2, 0.25) is 0 Å². The second kappa shape index (κ2) is 14.4. The molecule has 0 bridgehead atoms. The molecule has 0 fully saturated rings. The predicted molar refractivity (Wildman–Crippen MR) is 151 cm³/mol. The van der Waals surface area contributed by atoms with Crippen LogP contribution in [0.25, 0.3) is 0 Å². The number of amides is 2. The highest BCUT2D eigenvalue weighted by Crippen LogP contribution is 2.37. The Morgan fingerprint density at radius 3 is 2.59 bits per heavy atom. The monoisotopic (exact) mass is 634 g/mol. The number of urea groups is 1. The van der Waals surface area contributed by atoms with Crippen LogP contribution in [-0.2, 0) is 14.3 Å². The number of allylic oxidation sites excluding steroid dienone is 1. The molecule has 41 heavy (non-hydrogen) atoms. The molecule has 14 heteroatoms. The molecule has 3 rings (SSSR count). The van der Waals surface area contributed by atoms with Crippen molar-refractivity contribution in [3.05, 3.63) is 57.2 Å². The van der Waals surface area contributed by atoms with Crippen molar-refractivity contribution in [3.8, 4) is 23.0 Å². The molecule has 0 unspecified atom stereocenters. The Kier molecular flexibility index (Phi) is 10.9. The van der Waals surface area contributed by atoms with E-state index in [1.807, 2.05) is 0 Å². The second-order valence-electron chi connectivity index (χ2n) is 8.54. The Labute approximate surface area is 244 Å². The summed E-state index contributed by atoms with van der Waals surface area (Å²) in [4.78, 5) is 35.8. The van der Waals surface area contributed by atoms with Crippen LogP contribution in [0.15, 0.2) is 51.2 Å². The molecule has 1 heterocycles. The van der Waals surface area contributed by atoms with Crippen molar-refractivity contribution in [2.75, 3.05) is 27.4 Å². The quantitative estimate of drug-likeness (QED) is 0.0896. The van der Waals surface area contributed by atoms with Gasteiger partial charge in [-0.05, 0) is 65.2 Å². The Bertz CT molecular complexity index is 1360. The molecule has 0 aromatic heterocycles. The van der Waals surface area contributed by atoms with E-state index in [-0.39, 0.29) is 17.9 Å². The minimum Gasteiger partial charge on any atom is -0.493 e. The molecule has 2 amide bonds. The van der Waals surface area contributed by atoms with Gasteiger partial charge in [0.05, 0.1) is 43.1 Å². The number of halogens is 1. The number of aliphatic hydroxyl groups excluding tert-OH is 1.